The molecule has 1 saturated carbocycles. The van der Waals surface area contributed by atoms with Crippen molar-refractivity contribution in [2.75, 3.05) is 0 Å². The van der Waals surface area contributed by atoms with Crippen molar-refractivity contribution in [2.24, 2.45) is 11.8 Å². The molecule has 2 rings (SSSR count). The standard InChI is InChI=1S/C9H14/c1-2-4-6-9-7-8(9)5-3-1/h1-2,8-9H,3-7H2/b2-1+. The number of hydrogen-bond acceptors (Lipinski definition) is 0. The van der Waals surface area contributed by atoms with Crippen molar-refractivity contribution >= 4 is 0 Å². The van der Waals surface area contributed by atoms with Crippen LogP contribution in [0.3, 0.4) is 0 Å². The maximum atomic E-state index is 2.36. The van der Waals surface area contributed by atoms with Crippen molar-refractivity contribution in [3.05, 3.63) is 12.2 Å². The first-order valence-electron chi connectivity index (χ1n) is 4.12. The van der Waals surface area contributed by atoms with Gasteiger partial charge in [0.2, 0.25) is 0 Å². The van der Waals surface area contributed by atoms with Crippen molar-refractivity contribution < 1.29 is 0 Å². The van der Waals surface area contributed by atoms with E-state index in [-0.39, 0.29) is 0 Å². The van der Waals surface area contributed by atoms with E-state index in [0.717, 1.165) is 11.8 Å². The molecule has 0 nitrogen and oxygen atoms in total. The van der Waals surface area contributed by atoms with Crippen LogP contribution in [0.4, 0.5) is 0 Å². The highest BCUT2D eigenvalue weighted by molar-refractivity contribution is 4.94. The van der Waals surface area contributed by atoms with Gasteiger partial charge in [-0.3, -0.25) is 0 Å². The Kier molecular flexibility index (Phi) is 1.33. The van der Waals surface area contributed by atoms with Crippen LogP contribution >= 0.6 is 0 Å². The molecule has 0 spiro atoms. The molecular weight excluding hydrogens is 108 g/mol. The van der Waals surface area contributed by atoms with Crippen LogP contribution in [0.1, 0.15) is 32.1 Å². The molecule has 0 aromatic heterocycles. The van der Waals surface area contributed by atoms with Crippen LogP contribution in [-0.4, -0.2) is 0 Å². The molecule has 0 aromatic carbocycles. The minimum absolute atomic E-state index is 1.13. The second kappa shape index (κ2) is 2.17. The molecule has 0 saturated heterocycles. The molecule has 2 unspecified atom stereocenters. The number of rotatable bonds is 0. The van der Waals surface area contributed by atoms with Crippen LogP contribution in [0.25, 0.3) is 0 Å². The number of fused-ring (bicyclic) bond motifs is 1. The first-order valence-corrected chi connectivity index (χ1v) is 4.12. The Balaban J connectivity index is 1.91. The Bertz CT molecular complexity index is 110. The largest absolute Gasteiger partial charge is 0.0885 e. The van der Waals surface area contributed by atoms with Gasteiger partial charge in [-0.05, 0) is 43.9 Å². The van der Waals surface area contributed by atoms with E-state index in [1.54, 1.807) is 6.42 Å². The summed E-state index contributed by atoms with van der Waals surface area (Å²) in [5.41, 5.74) is 0. The first kappa shape index (κ1) is 5.52. The highest BCUT2D eigenvalue weighted by Gasteiger charge is 2.35. The first-order chi connectivity index (χ1) is 4.47. The molecule has 0 bridgehead atoms. The Labute approximate surface area is 57.0 Å². The lowest BCUT2D eigenvalue weighted by atomic mass is 10.1. The summed E-state index contributed by atoms with van der Waals surface area (Å²) >= 11 is 0. The molecule has 0 amide bonds. The third-order valence-electron chi connectivity index (χ3n) is 2.64. The summed E-state index contributed by atoms with van der Waals surface area (Å²) in [7, 11) is 0. The predicted octanol–water partition coefficient (Wildman–Crippen LogP) is 2.75. The van der Waals surface area contributed by atoms with Gasteiger partial charge in [-0.25, -0.2) is 0 Å². The molecule has 2 atom stereocenters. The van der Waals surface area contributed by atoms with Crippen LogP contribution in [0.15, 0.2) is 12.2 Å². The van der Waals surface area contributed by atoms with Crippen molar-refractivity contribution in [3.63, 3.8) is 0 Å². The van der Waals surface area contributed by atoms with Crippen molar-refractivity contribution in [1.29, 1.82) is 0 Å². The van der Waals surface area contributed by atoms with Gasteiger partial charge in [-0.1, -0.05) is 12.2 Å². The lowest BCUT2D eigenvalue weighted by Crippen LogP contribution is -1.85. The highest BCUT2D eigenvalue weighted by Crippen LogP contribution is 2.45. The van der Waals surface area contributed by atoms with Gasteiger partial charge in [0.15, 0.2) is 0 Å². The van der Waals surface area contributed by atoms with E-state index >= 15 is 0 Å². The molecule has 0 heterocycles. The van der Waals surface area contributed by atoms with E-state index in [2.05, 4.69) is 12.2 Å². The van der Waals surface area contributed by atoms with Crippen LogP contribution in [0.2, 0.25) is 0 Å². The Hall–Kier alpha value is -0.260. The van der Waals surface area contributed by atoms with E-state index < -0.39 is 0 Å². The zero-order valence-electron chi connectivity index (χ0n) is 5.84. The minimum Gasteiger partial charge on any atom is -0.0885 e. The van der Waals surface area contributed by atoms with Gasteiger partial charge in [0, 0.05) is 0 Å². The summed E-state index contributed by atoms with van der Waals surface area (Å²) < 4.78 is 0. The molecule has 1 fully saturated rings. The fraction of sp³-hybridized carbons (Fsp3) is 0.778. The smallest absolute Gasteiger partial charge is 0.0348 e. The van der Waals surface area contributed by atoms with Crippen LogP contribution < -0.4 is 0 Å². The Morgan fingerprint density at radius 3 is 2.00 bits per heavy atom. The van der Waals surface area contributed by atoms with E-state index in [1.165, 1.54) is 25.7 Å². The zero-order chi connectivity index (χ0) is 6.10. The second-order valence-corrected chi connectivity index (χ2v) is 3.38. The van der Waals surface area contributed by atoms with Gasteiger partial charge in [-0.15, -0.1) is 0 Å². The summed E-state index contributed by atoms with van der Waals surface area (Å²) in [5.74, 6) is 2.27. The van der Waals surface area contributed by atoms with Gasteiger partial charge in [0.25, 0.3) is 0 Å². The Morgan fingerprint density at radius 2 is 1.44 bits per heavy atom. The SMILES string of the molecule is C1=C/CCC2CC2CC/1. The van der Waals surface area contributed by atoms with Gasteiger partial charge >= 0.3 is 0 Å². The molecule has 50 valence electrons. The third-order valence-corrected chi connectivity index (χ3v) is 2.64. The molecule has 0 radical (unpaired) electrons. The maximum Gasteiger partial charge on any atom is -0.0348 e. The van der Waals surface area contributed by atoms with E-state index in [1.807, 2.05) is 0 Å². The summed E-state index contributed by atoms with van der Waals surface area (Å²) in [6.07, 6.45) is 11.9. The summed E-state index contributed by atoms with van der Waals surface area (Å²) in [6.45, 7) is 0. The fourth-order valence-corrected chi connectivity index (χ4v) is 1.87. The third kappa shape index (κ3) is 1.17. The monoisotopic (exact) mass is 122 g/mol. The van der Waals surface area contributed by atoms with Crippen LogP contribution in [-0.2, 0) is 0 Å². The Morgan fingerprint density at radius 1 is 0.889 bits per heavy atom. The predicted molar refractivity (Wildman–Crippen MR) is 39.2 cm³/mol. The summed E-state index contributed by atoms with van der Waals surface area (Å²) in [6, 6.07) is 0. The van der Waals surface area contributed by atoms with E-state index in [9.17, 15) is 0 Å². The van der Waals surface area contributed by atoms with Crippen LogP contribution in [0.5, 0.6) is 0 Å². The van der Waals surface area contributed by atoms with Gasteiger partial charge in [0.1, 0.15) is 0 Å². The quantitative estimate of drug-likeness (QED) is 0.433. The molecule has 0 heteroatoms. The van der Waals surface area contributed by atoms with Crippen molar-refractivity contribution in [1.82, 2.24) is 0 Å². The molecular formula is C9H14. The maximum absolute atomic E-state index is 2.36. The highest BCUT2D eigenvalue weighted by atomic mass is 14.4. The number of allylic oxidation sites excluding steroid dienone is 2. The zero-order valence-corrected chi connectivity index (χ0v) is 5.84. The summed E-state index contributed by atoms with van der Waals surface area (Å²) in [5, 5.41) is 0. The molecule has 0 N–H and O–H groups in total. The molecule has 2 aliphatic carbocycles. The molecule has 0 aliphatic heterocycles. The van der Waals surface area contributed by atoms with E-state index in [4.69, 9.17) is 0 Å². The average Bonchev–Trinajstić information content (AvgIpc) is 2.46. The summed E-state index contributed by atoms with van der Waals surface area (Å²) in [4.78, 5) is 0. The lowest BCUT2D eigenvalue weighted by Gasteiger charge is -1.99. The topological polar surface area (TPSA) is 0 Å². The molecule has 9 heavy (non-hydrogen) atoms. The van der Waals surface area contributed by atoms with Gasteiger partial charge in [0.05, 0.1) is 0 Å². The number of hydrogen-bond donors (Lipinski definition) is 0. The molecule has 0 aromatic rings. The lowest BCUT2D eigenvalue weighted by molar-refractivity contribution is 0.605. The van der Waals surface area contributed by atoms with E-state index in [0.29, 0.717) is 0 Å². The molecule has 2 aliphatic rings. The van der Waals surface area contributed by atoms with Crippen LogP contribution in [0, 0.1) is 11.8 Å². The normalized spacial score (nSPS) is 44.4. The minimum atomic E-state index is 1.13. The van der Waals surface area contributed by atoms with Gasteiger partial charge < -0.3 is 0 Å². The van der Waals surface area contributed by atoms with Crippen molar-refractivity contribution in [2.45, 2.75) is 32.1 Å². The van der Waals surface area contributed by atoms with Crippen molar-refractivity contribution in [3.8, 4) is 0 Å². The average molecular weight is 122 g/mol. The second-order valence-electron chi connectivity index (χ2n) is 3.38. The van der Waals surface area contributed by atoms with Gasteiger partial charge in [-0.2, -0.15) is 0 Å². The fourth-order valence-electron chi connectivity index (χ4n) is 1.87.